The Kier molecular flexibility index (Phi) is 5.73. The zero-order chi connectivity index (χ0) is 18.8. The van der Waals surface area contributed by atoms with Crippen LogP contribution in [-0.2, 0) is 17.8 Å². The fraction of sp³-hybridized carbons (Fsp3) is 0.438. The molecule has 0 aliphatic carbocycles. The molecule has 7 nitrogen and oxygen atoms in total. The molecule has 26 heavy (non-hydrogen) atoms. The quantitative estimate of drug-likeness (QED) is 0.496. The Hall–Kier alpha value is -1.78. The van der Waals surface area contributed by atoms with Crippen LogP contribution in [0.25, 0.3) is 10.2 Å². The molecule has 1 amide bonds. The van der Waals surface area contributed by atoms with Gasteiger partial charge in [0.1, 0.15) is 16.4 Å². The molecule has 3 aromatic heterocycles. The number of thiophene rings is 1. The first-order chi connectivity index (χ1) is 12.4. The summed E-state index contributed by atoms with van der Waals surface area (Å²) >= 11 is 4.21. The van der Waals surface area contributed by atoms with Crippen LogP contribution in [0.1, 0.15) is 36.6 Å². The number of rotatable bonds is 6. The van der Waals surface area contributed by atoms with Crippen LogP contribution in [0.5, 0.6) is 0 Å². The number of thioether (sulfide) groups is 1. The van der Waals surface area contributed by atoms with Gasteiger partial charge in [0.15, 0.2) is 5.16 Å². The molecule has 0 saturated carbocycles. The molecule has 1 N–H and O–H groups in total. The van der Waals surface area contributed by atoms with Crippen LogP contribution in [0.4, 0.5) is 5.13 Å². The first kappa shape index (κ1) is 19.0. The molecule has 0 atom stereocenters. The number of carbonyl (C=O) groups is 1. The predicted octanol–water partition coefficient (Wildman–Crippen LogP) is 3.36. The molecule has 0 aliphatic heterocycles. The second-order valence-electron chi connectivity index (χ2n) is 5.92. The van der Waals surface area contributed by atoms with Crippen LogP contribution in [0.2, 0.25) is 0 Å². The van der Waals surface area contributed by atoms with Gasteiger partial charge in [-0.25, -0.2) is 4.98 Å². The topological polar surface area (TPSA) is 89.8 Å². The highest BCUT2D eigenvalue weighted by atomic mass is 32.2. The van der Waals surface area contributed by atoms with E-state index in [4.69, 9.17) is 0 Å². The molecule has 0 aromatic carbocycles. The Balaban J connectivity index is 1.87. The Labute approximate surface area is 162 Å². The largest absolute Gasteiger partial charge is 0.299 e. The van der Waals surface area contributed by atoms with Gasteiger partial charge >= 0.3 is 0 Å². The third kappa shape index (κ3) is 3.81. The molecule has 0 unspecified atom stereocenters. The molecule has 138 valence electrons. The highest BCUT2D eigenvalue weighted by Gasteiger charge is 2.17. The summed E-state index contributed by atoms with van der Waals surface area (Å²) in [7, 11) is 0. The van der Waals surface area contributed by atoms with E-state index in [1.807, 2.05) is 33.1 Å². The van der Waals surface area contributed by atoms with Crippen molar-refractivity contribution in [2.24, 2.45) is 0 Å². The molecule has 0 spiro atoms. The van der Waals surface area contributed by atoms with Gasteiger partial charge in [-0.3, -0.25) is 19.5 Å². The number of aryl methyl sites for hydroxylation is 1. The van der Waals surface area contributed by atoms with Crippen LogP contribution in [0.15, 0.2) is 16.0 Å². The van der Waals surface area contributed by atoms with E-state index < -0.39 is 0 Å². The van der Waals surface area contributed by atoms with Crippen molar-refractivity contribution in [3.8, 4) is 0 Å². The Bertz CT molecular complexity index is 1010. The minimum atomic E-state index is -0.319. The average Bonchev–Trinajstić information content (AvgIpc) is 3.23. The van der Waals surface area contributed by atoms with E-state index in [1.54, 1.807) is 0 Å². The number of nitrogens with zero attached hydrogens (tertiary/aromatic N) is 4. The number of hydrogen-bond donors (Lipinski definition) is 1. The highest BCUT2D eigenvalue weighted by Crippen LogP contribution is 2.25. The lowest BCUT2D eigenvalue weighted by molar-refractivity contribution is -0.116. The Morgan fingerprint density at radius 1 is 1.35 bits per heavy atom. The fourth-order valence-electron chi connectivity index (χ4n) is 2.34. The van der Waals surface area contributed by atoms with E-state index in [2.05, 4.69) is 20.5 Å². The highest BCUT2D eigenvalue weighted by molar-refractivity contribution is 7.98. The molecule has 0 radical (unpaired) electrons. The molecule has 0 aliphatic rings. The normalized spacial score (nSPS) is 11.4. The second kappa shape index (κ2) is 7.85. The monoisotopic (exact) mass is 409 g/mol. The van der Waals surface area contributed by atoms with Gasteiger partial charge < -0.3 is 0 Å². The lowest BCUT2D eigenvalue weighted by Gasteiger charge is -2.09. The second-order valence-corrected chi connectivity index (χ2v) is 8.82. The van der Waals surface area contributed by atoms with Gasteiger partial charge in [-0.1, -0.05) is 43.9 Å². The zero-order valence-electron chi connectivity index (χ0n) is 14.9. The van der Waals surface area contributed by atoms with E-state index in [1.165, 1.54) is 39.0 Å². The summed E-state index contributed by atoms with van der Waals surface area (Å²) in [6, 6.07) is 1.87. The third-order valence-corrected chi connectivity index (χ3v) is 6.67. The number of carbonyl (C=O) groups excluding carboxylic acids is 1. The molecular formula is C16H19N5O2S3. The summed E-state index contributed by atoms with van der Waals surface area (Å²) < 4.78 is 1.42. The van der Waals surface area contributed by atoms with E-state index in [0.29, 0.717) is 15.7 Å². The number of nitrogens with one attached hydrogen (secondary N) is 1. The minimum absolute atomic E-state index is 0.105. The van der Waals surface area contributed by atoms with Crippen molar-refractivity contribution in [3.63, 3.8) is 0 Å². The number of fused-ring (bicyclic) bond motifs is 1. The first-order valence-electron chi connectivity index (χ1n) is 8.13. The van der Waals surface area contributed by atoms with Gasteiger partial charge in [0.05, 0.1) is 5.39 Å². The standard InChI is InChI=1S/C16H19N5O2S3/c1-5-9-6-10-13(25-9)18-16(24-4)21(14(10)23)7-11(22)17-15-20-19-12(26-15)8(2)3/h6,8H,5,7H2,1-4H3,(H,17,20,22). The van der Waals surface area contributed by atoms with Crippen molar-refractivity contribution in [3.05, 3.63) is 26.3 Å². The van der Waals surface area contributed by atoms with Crippen LogP contribution < -0.4 is 10.9 Å². The maximum Gasteiger partial charge on any atom is 0.263 e. The summed E-state index contributed by atoms with van der Waals surface area (Å²) in [4.78, 5) is 31.6. The van der Waals surface area contributed by atoms with Crippen molar-refractivity contribution in [2.45, 2.75) is 44.8 Å². The SMILES string of the molecule is CCc1cc2c(=O)n(CC(=O)Nc3nnc(C(C)C)s3)c(SC)nc2s1. The maximum atomic E-state index is 12.8. The van der Waals surface area contributed by atoms with Crippen LogP contribution in [0, 0.1) is 0 Å². The average molecular weight is 410 g/mol. The van der Waals surface area contributed by atoms with E-state index in [9.17, 15) is 9.59 Å². The maximum absolute atomic E-state index is 12.8. The number of amides is 1. The molecule has 0 saturated heterocycles. The third-order valence-electron chi connectivity index (χ3n) is 3.68. The summed E-state index contributed by atoms with van der Waals surface area (Å²) in [5.41, 5.74) is -0.189. The van der Waals surface area contributed by atoms with Crippen LogP contribution in [-0.4, -0.2) is 31.9 Å². The minimum Gasteiger partial charge on any atom is -0.299 e. The fourth-order valence-corrected chi connectivity index (χ4v) is 4.67. The van der Waals surface area contributed by atoms with Crippen molar-refractivity contribution in [2.75, 3.05) is 11.6 Å². The molecule has 3 aromatic rings. The zero-order valence-corrected chi connectivity index (χ0v) is 17.3. The smallest absolute Gasteiger partial charge is 0.263 e. The van der Waals surface area contributed by atoms with Gasteiger partial charge in [0.2, 0.25) is 11.0 Å². The van der Waals surface area contributed by atoms with Gasteiger partial charge in [-0.05, 0) is 18.7 Å². The molecule has 0 bridgehead atoms. The van der Waals surface area contributed by atoms with E-state index in [-0.39, 0.29) is 23.9 Å². The lowest BCUT2D eigenvalue weighted by Crippen LogP contribution is -2.29. The Morgan fingerprint density at radius 2 is 2.12 bits per heavy atom. The summed E-state index contributed by atoms with van der Waals surface area (Å²) in [5.74, 6) is -0.0669. The van der Waals surface area contributed by atoms with Crippen molar-refractivity contribution >= 4 is 55.7 Å². The summed E-state index contributed by atoms with van der Waals surface area (Å²) in [5, 5.41) is 13.1. The first-order valence-corrected chi connectivity index (χ1v) is 11.0. The number of anilines is 1. The van der Waals surface area contributed by atoms with Gasteiger partial charge in [0.25, 0.3) is 5.56 Å². The lowest BCUT2D eigenvalue weighted by atomic mass is 10.2. The van der Waals surface area contributed by atoms with Crippen molar-refractivity contribution in [1.82, 2.24) is 19.7 Å². The van der Waals surface area contributed by atoms with Crippen molar-refractivity contribution < 1.29 is 4.79 Å². The molecule has 10 heteroatoms. The van der Waals surface area contributed by atoms with E-state index >= 15 is 0 Å². The van der Waals surface area contributed by atoms with Gasteiger partial charge in [-0.2, -0.15) is 0 Å². The summed E-state index contributed by atoms with van der Waals surface area (Å²) in [6.45, 7) is 5.97. The number of aromatic nitrogens is 4. The van der Waals surface area contributed by atoms with Crippen LogP contribution >= 0.6 is 34.4 Å². The Morgan fingerprint density at radius 3 is 2.73 bits per heavy atom. The predicted molar refractivity (Wildman–Crippen MR) is 108 cm³/mol. The molecular weight excluding hydrogens is 390 g/mol. The van der Waals surface area contributed by atoms with E-state index in [0.717, 1.165) is 21.1 Å². The molecule has 0 fully saturated rings. The molecule has 3 heterocycles. The van der Waals surface area contributed by atoms with Crippen molar-refractivity contribution in [1.29, 1.82) is 0 Å². The van der Waals surface area contributed by atoms with Crippen LogP contribution in [0.3, 0.4) is 0 Å². The van der Waals surface area contributed by atoms with Gasteiger partial charge in [0, 0.05) is 10.8 Å². The summed E-state index contributed by atoms with van der Waals surface area (Å²) in [6.07, 6.45) is 2.70. The number of hydrogen-bond acceptors (Lipinski definition) is 8. The molecule has 3 rings (SSSR count). The van der Waals surface area contributed by atoms with Gasteiger partial charge in [-0.15, -0.1) is 21.5 Å².